The number of aromatic nitrogens is 3. The molecule has 6 nitrogen and oxygen atoms in total. The fourth-order valence-corrected chi connectivity index (χ4v) is 1.88. The predicted octanol–water partition coefficient (Wildman–Crippen LogP) is 2.25. The Labute approximate surface area is 123 Å². The van der Waals surface area contributed by atoms with Crippen LogP contribution in [-0.4, -0.2) is 25.8 Å². The summed E-state index contributed by atoms with van der Waals surface area (Å²) in [5.74, 6) is 0.332. The number of halogens is 1. The number of aryl methyl sites for hydroxylation is 1. The molecule has 0 aliphatic heterocycles. The lowest BCUT2D eigenvalue weighted by molar-refractivity contribution is -0.131. The van der Waals surface area contributed by atoms with Gasteiger partial charge in [0.25, 0.3) is 0 Å². The highest BCUT2D eigenvalue weighted by Crippen LogP contribution is 2.24. The van der Waals surface area contributed by atoms with Crippen LogP contribution in [0.4, 0.5) is 0 Å². The fraction of sp³-hybridized carbons (Fsp3) is 0.154. The number of carboxylic acid groups (broad SMARTS) is 1. The quantitative estimate of drug-likeness (QED) is 0.846. The van der Waals surface area contributed by atoms with Crippen LogP contribution in [0.25, 0.3) is 6.08 Å². The molecule has 0 amide bonds. The van der Waals surface area contributed by atoms with Gasteiger partial charge in [0.2, 0.25) is 0 Å². The first-order valence-electron chi connectivity index (χ1n) is 5.72. The lowest BCUT2D eigenvalue weighted by Crippen LogP contribution is -2.04. The third kappa shape index (κ3) is 3.67. The second kappa shape index (κ2) is 6.33. The van der Waals surface area contributed by atoms with Crippen molar-refractivity contribution in [1.82, 2.24) is 14.8 Å². The molecule has 104 valence electrons. The van der Waals surface area contributed by atoms with Crippen LogP contribution in [0.3, 0.4) is 0 Å². The van der Waals surface area contributed by atoms with Crippen molar-refractivity contribution in [1.29, 1.82) is 0 Å². The molecular formula is C13H12BrN3O3. The molecule has 0 spiro atoms. The number of hydrogen-bond donors (Lipinski definition) is 1. The number of rotatable bonds is 5. The number of ether oxygens (including phenoxy) is 1. The zero-order valence-corrected chi connectivity index (χ0v) is 12.2. The summed E-state index contributed by atoms with van der Waals surface area (Å²) in [4.78, 5) is 14.6. The molecule has 0 unspecified atom stereocenters. The summed E-state index contributed by atoms with van der Waals surface area (Å²) >= 11 is 3.36. The van der Waals surface area contributed by atoms with Crippen LogP contribution in [0.2, 0.25) is 0 Å². The van der Waals surface area contributed by atoms with E-state index in [1.165, 1.54) is 12.4 Å². The van der Waals surface area contributed by atoms with Crippen molar-refractivity contribution in [2.45, 2.75) is 6.61 Å². The van der Waals surface area contributed by atoms with E-state index in [0.29, 0.717) is 18.2 Å². The first kappa shape index (κ1) is 14.3. The molecule has 0 aliphatic rings. The number of carboxylic acids is 1. The molecule has 1 aromatic carbocycles. The summed E-state index contributed by atoms with van der Waals surface area (Å²) in [6, 6.07) is 5.34. The SMILES string of the molecule is Cn1ncnc1COc1ccc(Br)c(/C=C/C(=O)O)c1. The van der Waals surface area contributed by atoms with Gasteiger partial charge in [-0.3, -0.25) is 4.68 Å². The summed E-state index contributed by atoms with van der Waals surface area (Å²) in [5, 5.41) is 12.6. The maximum atomic E-state index is 10.5. The number of nitrogens with zero attached hydrogens (tertiary/aromatic N) is 3. The van der Waals surface area contributed by atoms with Crippen LogP contribution in [0.5, 0.6) is 5.75 Å². The van der Waals surface area contributed by atoms with E-state index < -0.39 is 5.97 Å². The molecule has 0 aliphatic carbocycles. The van der Waals surface area contributed by atoms with E-state index in [2.05, 4.69) is 26.0 Å². The maximum Gasteiger partial charge on any atom is 0.328 e. The fourth-order valence-electron chi connectivity index (χ4n) is 1.50. The van der Waals surface area contributed by atoms with Gasteiger partial charge in [-0.05, 0) is 29.8 Å². The number of carbonyl (C=O) groups is 1. The Kier molecular flexibility index (Phi) is 4.52. The van der Waals surface area contributed by atoms with Crippen molar-refractivity contribution in [3.8, 4) is 5.75 Å². The Morgan fingerprint density at radius 3 is 3.00 bits per heavy atom. The zero-order chi connectivity index (χ0) is 14.5. The third-order valence-electron chi connectivity index (χ3n) is 2.55. The van der Waals surface area contributed by atoms with Crippen LogP contribution in [0, 0.1) is 0 Å². The van der Waals surface area contributed by atoms with Crippen molar-refractivity contribution in [2.24, 2.45) is 7.05 Å². The molecular weight excluding hydrogens is 326 g/mol. The average Bonchev–Trinajstić information content (AvgIpc) is 2.81. The van der Waals surface area contributed by atoms with Gasteiger partial charge in [0.15, 0.2) is 5.82 Å². The van der Waals surface area contributed by atoms with Gasteiger partial charge in [0, 0.05) is 17.6 Å². The minimum absolute atomic E-state index is 0.292. The average molecular weight is 338 g/mol. The minimum atomic E-state index is -0.998. The Balaban J connectivity index is 2.11. The van der Waals surface area contributed by atoms with Gasteiger partial charge in [-0.2, -0.15) is 5.10 Å². The maximum absolute atomic E-state index is 10.5. The van der Waals surface area contributed by atoms with E-state index in [4.69, 9.17) is 9.84 Å². The topological polar surface area (TPSA) is 77.2 Å². The second-order valence-corrected chi connectivity index (χ2v) is 4.80. The summed E-state index contributed by atoms with van der Waals surface area (Å²) in [5.41, 5.74) is 0.725. The molecule has 1 heterocycles. The molecule has 2 rings (SSSR count). The van der Waals surface area contributed by atoms with Gasteiger partial charge in [0.05, 0.1) is 0 Å². The number of aliphatic carboxylic acids is 1. The summed E-state index contributed by atoms with van der Waals surface area (Å²) in [6.07, 6.45) is 4.04. The zero-order valence-electron chi connectivity index (χ0n) is 10.7. The molecule has 7 heteroatoms. The van der Waals surface area contributed by atoms with Gasteiger partial charge in [0.1, 0.15) is 18.7 Å². The first-order valence-corrected chi connectivity index (χ1v) is 6.52. The highest BCUT2D eigenvalue weighted by Gasteiger charge is 2.04. The van der Waals surface area contributed by atoms with E-state index in [0.717, 1.165) is 16.1 Å². The van der Waals surface area contributed by atoms with E-state index in [9.17, 15) is 4.79 Å². The molecule has 1 N–H and O–H groups in total. The lowest BCUT2D eigenvalue weighted by atomic mass is 10.2. The second-order valence-electron chi connectivity index (χ2n) is 3.94. The van der Waals surface area contributed by atoms with E-state index in [1.54, 1.807) is 29.9 Å². The Hall–Kier alpha value is -2.15. The Bertz CT molecular complexity index is 652. The molecule has 0 saturated heterocycles. The summed E-state index contributed by atoms with van der Waals surface area (Å²) < 4.78 is 8.03. The van der Waals surface area contributed by atoms with E-state index in [1.807, 2.05) is 0 Å². The summed E-state index contributed by atoms with van der Waals surface area (Å²) in [6.45, 7) is 0.292. The molecule has 2 aromatic rings. The largest absolute Gasteiger partial charge is 0.486 e. The Morgan fingerprint density at radius 2 is 2.35 bits per heavy atom. The van der Waals surface area contributed by atoms with E-state index >= 15 is 0 Å². The summed E-state index contributed by atoms with van der Waals surface area (Å²) in [7, 11) is 1.79. The van der Waals surface area contributed by atoms with Gasteiger partial charge < -0.3 is 9.84 Å². The molecule has 0 radical (unpaired) electrons. The van der Waals surface area contributed by atoms with Gasteiger partial charge in [-0.1, -0.05) is 15.9 Å². The van der Waals surface area contributed by atoms with Gasteiger partial charge in [-0.25, -0.2) is 9.78 Å². The smallest absolute Gasteiger partial charge is 0.328 e. The minimum Gasteiger partial charge on any atom is -0.486 e. The molecule has 0 atom stereocenters. The van der Waals surface area contributed by atoms with E-state index in [-0.39, 0.29) is 0 Å². The van der Waals surface area contributed by atoms with Crippen molar-refractivity contribution in [2.75, 3.05) is 0 Å². The first-order chi connectivity index (χ1) is 9.56. The number of hydrogen-bond acceptors (Lipinski definition) is 4. The standard InChI is InChI=1S/C13H12BrN3O3/c1-17-12(15-8-16-17)7-20-10-3-4-11(14)9(6-10)2-5-13(18)19/h2-6,8H,7H2,1H3,(H,18,19)/b5-2+. The number of benzene rings is 1. The van der Waals surface area contributed by atoms with Crippen molar-refractivity contribution >= 4 is 28.0 Å². The molecule has 20 heavy (non-hydrogen) atoms. The normalized spacial score (nSPS) is 10.9. The monoisotopic (exact) mass is 337 g/mol. The van der Waals surface area contributed by atoms with Crippen LogP contribution < -0.4 is 4.74 Å². The molecule has 0 fully saturated rings. The lowest BCUT2D eigenvalue weighted by Gasteiger charge is -2.07. The molecule has 1 aromatic heterocycles. The predicted molar refractivity (Wildman–Crippen MR) is 76.1 cm³/mol. The highest BCUT2D eigenvalue weighted by atomic mass is 79.9. The van der Waals surface area contributed by atoms with Crippen molar-refractivity contribution < 1.29 is 14.6 Å². The van der Waals surface area contributed by atoms with Crippen LogP contribution >= 0.6 is 15.9 Å². The van der Waals surface area contributed by atoms with Crippen molar-refractivity contribution in [3.63, 3.8) is 0 Å². The molecule has 0 bridgehead atoms. The third-order valence-corrected chi connectivity index (χ3v) is 3.27. The highest BCUT2D eigenvalue weighted by molar-refractivity contribution is 9.10. The Morgan fingerprint density at radius 1 is 1.55 bits per heavy atom. The van der Waals surface area contributed by atoms with Crippen LogP contribution in [-0.2, 0) is 18.4 Å². The van der Waals surface area contributed by atoms with Crippen LogP contribution in [0.1, 0.15) is 11.4 Å². The van der Waals surface area contributed by atoms with Gasteiger partial charge >= 0.3 is 5.97 Å². The molecule has 0 saturated carbocycles. The van der Waals surface area contributed by atoms with Crippen molar-refractivity contribution in [3.05, 3.63) is 46.5 Å². The van der Waals surface area contributed by atoms with Crippen LogP contribution in [0.15, 0.2) is 35.1 Å². The van der Waals surface area contributed by atoms with Gasteiger partial charge in [-0.15, -0.1) is 0 Å².